The number of hydrogen-bond donors (Lipinski definition) is 1. The monoisotopic (exact) mass is 214 g/mol. The summed E-state index contributed by atoms with van der Waals surface area (Å²) in [4.78, 5) is 2.66. The quantitative estimate of drug-likeness (QED) is 0.713. The molecule has 0 aliphatic carbocycles. The molecule has 1 N–H and O–H groups in total. The third-order valence-electron chi connectivity index (χ3n) is 3.50. The van der Waals surface area contributed by atoms with Crippen LogP contribution in [-0.2, 0) is 0 Å². The Hall–Kier alpha value is 0.270. The maximum atomic E-state index is 3.65. The molecular weight excluding hydrogens is 192 g/mol. The van der Waals surface area contributed by atoms with Gasteiger partial charge in [0.25, 0.3) is 0 Å². The molecule has 2 nitrogen and oxygen atoms in total. The van der Waals surface area contributed by atoms with E-state index in [0.717, 1.165) is 12.0 Å². The highest BCUT2D eigenvalue weighted by Gasteiger charge is 2.33. The maximum Gasteiger partial charge on any atom is 0.0235 e. The molecule has 2 aliphatic rings. The Labute approximate surface area is 91.8 Å². The third-order valence-corrected chi connectivity index (χ3v) is 4.19. The van der Waals surface area contributed by atoms with Crippen LogP contribution in [0, 0.1) is 5.92 Å². The fraction of sp³-hybridized carbons (Fsp3) is 1.00. The molecular formula is C11H22N2S. The predicted molar refractivity (Wildman–Crippen MR) is 64.0 cm³/mol. The average Bonchev–Trinajstić information content (AvgIpc) is 2.60. The molecule has 0 amide bonds. The van der Waals surface area contributed by atoms with Gasteiger partial charge in [0.1, 0.15) is 0 Å². The van der Waals surface area contributed by atoms with Crippen molar-refractivity contribution in [3.05, 3.63) is 0 Å². The van der Waals surface area contributed by atoms with Crippen LogP contribution >= 0.6 is 11.8 Å². The number of likely N-dealkylation sites (tertiary alicyclic amines) is 1. The topological polar surface area (TPSA) is 15.3 Å². The van der Waals surface area contributed by atoms with Crippen LogP contribution in [0.25, 0.3) is 0 Å². The highest BCUT2D eigenvalue weighted by Crippen LogP contribution is 2.24. The van der Waals surface area contributed by atoms with Crippen LogP contribution in [0.3, 0.4) is 0 Å². The molecule has 0 spiro atoms. The first-order valence-electron chi connectivity index (χ1n) is 5.85. The molecule has 3 heteroatoms. The zero-order valence-corrected chi connectivity index (χ0v) is 9.98. The molecule has 0 radical (unpaired) electrons. The zero-order valence-electron chi connectivity index (χ0n) is 9.17. The first kappa shape index (κ1) is 10.8. The highest BCUT2D eigenvalue weighted by molar-refractivity contribution is 7.98. The van der Waals surface area contributed by atoms with Gasteiger partial charge in [0, 0.05) is 19.1 Å². The van der Waals surface area contributed by atoms with Gasteiger partial charge in [-0.05, 0) is 50.3 Å². The van der Waals surface area contributed by atoms with Crippen LogP contribution in [0.4, 0.5) is 0 Å². The van der Waals surface area contributed by atoms with Crippen molar-refractivity contribution >= 4 is 11.8 Å². The van der Waals surface area contributed by atoms with E-state index >= 15 is 0 Å². The van der Waals surface area contributed by atoms with Crippen molar-refractivity contribution in [1.29, 1.82) is 0 Å². The number of fused-ring (bicyclic) bond motifs is 1. The lowest BCUT2D eigenvalue weighted by molar-refractivity contribution is 0.320. The van der Waals surface area contributed by atoms with Gasteiger partial charge in [0.15, 0.2) is 0 Å². The van der Waals surface area contributed by atoms with E-state index in [0.29, 0.717) is 0 Å². The third kappa shape index (κ3) is 2.65. The van der Waals surface area contributed by atoms with Crippen LogP contribution in [0.5, 0.6) is 0 Å². The molecule has 14 heavy (non-hydrogen) atoms. The number of nitrogens with one attached hydrogen (secondary N) is 1. The van der Waals surface area contributed by atoms with Gasteiger partial charge in [-0.2, -0.15) is 11.8 Å². The Balaban J connectivity index is 1.70. The second-order valence-corrected chi connectivity index (χ2v) is 5.55. The summed E-state index contributed by atoms with van der Waals surface area (Å²) < 4.78 is 0. The number of hydrogen-bond acceptors (Lipinski definition) is 3. The standard InChI is InChI=1S/C11H22N2S/c1-14-7-3-6-13-8-10-4-2-5-12-11(10)9-13/h10-12H,2-9H2,1H3. The van der Waals surface area contributed by atoms with Crippen molar-refractivity contribution in [3.63, 3.8) is 0 Å². The number of thioether (sulfide) groups is 1. The van der Waals surface area contributed by atoms with Crippen molar-refractivity contribution in [2.75, 3.05) is 38.2 Å². The van der Waals surface area contributed by atoms with E-state index in [9.17, 15) is 0 Å². The van der Waals surface area contributed by atoms with E-state index in [-0.39, 0.29) is 0 Å². The Bertz CT molecular complexity index is 161. The summed E-state index contributed by atoms with van der Waals surface area (Å²) in [5.41, 5.74) is 0. The summed E-state index contributed by atoms with van der Waals surface area (Å²) in [5, 5.41) is 3.65. The van der Waals surface area contributed by atoms with E-state index in [1.54, 1.807) is 0 Å². The first-order chi connectivity index (χ1) is 6.90. The van der Waals surface area contributed by atoms with Crippen molar-refractivity contribution in [1.82, 2.24) is 10.2 Å². The van der Waals surface area contributed by atoms with Crippen molar-refractivity contribution in [3.8, 4) is 0 Å². The van der Waals surface area contributed by atoms with Gasteiger partial charge in [0.05, 0.1) is 0 Å². The van der Waals surface area contributed by atoms with Crippen LogP contribution < -0.4 is 5.32 Å². The molecule has 2 fully saturated rings. The minimum absolute atomic E-state index is 0.818. The highest BCUT2D eigenvalue weighted by atomic mass is 32.2. The van der Waals surface area contributed by atoms with E-state index in [2.05, 4.69) is 16.5 Å². The van der Waals surface area contributed by atoms with Gasteiger partial charge in [-0.1, -0.05) is 0 Å². The lowest BCUT2D eigenvalue weighted by Crippen LogP contribution is -2.40. The molecule has 2 aliphatic heterocycles. The van der Waals surface area contributed by atoms with Gasteiger partial charge < -0.3 is 10.2 Å². The van der Waals surface area contributed by atoms with Gasteiger partial charge >= 0.3 is 0 Å². The summed E-state index contributed by atoms with van der Waals surface area (Å²) >= 11 is 1.97. The fourth-order valence-electron chi connectivity index (χ4n) is 2.75. The van der Waals surface area contributed by atoms with Crippen LogP contribution in [0.1, 0.15) is 19.3 Å². The molecule has 0 aromatic rings. The molecule has 0 aromatic heterocycles. The van der Waals surface area contributed by atoms with Crippen molar-refractivity contribution in [2.45, 2.75) is 25.3 Å². The molecule has 0 aromatic carbocycles. The van der Waals surface area contributed by atoms with Crippen molar-refractivity contribution < 1.29 is 0 Å². The van der Waals surface area contributed by atoms with Gasteiger partial charge in [-0.25, -0.2) is 0 Å². The number of nitrogens with zero attached hydrogens (tertiary/aromatic N) is 1. The SMILES string of the molecule is CSCCCN1CC2CCCNC2C1. The second-order valence-electron chi connectivity index (χ2n) is 4.57. The molecule has 2 rings (SSSR count). The number of rotatable bonds is 4. The Morgan fingerprint density at radius 3 is 3.14 bits per heavy atom. The predicted octanol–water partition coefficient (Wildman–Crippen LogP) is 1.42. The van der Waals surface area contributed by atoms with Gasteiger partial charge in [-0.15, -0.1) is 0 Å². The van der Waals surface area contributed by atoms with Crippen molar-refractivity contribution in [2.24, 2.45) is 5.92 Å². The summed E-state index contributed by atoms with van der Waals surface area (Å²) in [7, 11) is 0. The van der Waals surface area contributed by atoms with Gasteiger partial charge in [-0.3, -0.25) is 0 Å². The molecule has 0 saturated carbocycles. The fourth-order valence-corrected chi connectivity index (χ4v) is 3.17. The van der Waals surface area contributed by atoms with E-state index in [1.807, 2.05) is 11.8 Å². The van der Waals surface area contributed by atoms with Crippen LogP contribution in [0.15, 0.2) is 0 Å². The Kier molecular flexibility index (Phi) is 4.14. The average molecular weight is 214 g/mol. The molecule has 82 valence electrons. The lowest BCUT2D eigenvalue weighted by Gasteiger charge is -2.24. The van der Waals surface area contributed by atoms with E-state index < -0.39 is 0 Å². The lowest BCUT2D eigenvalue weighted by atomic mass is 9.94. The largest absolute Gasteiger partial charge is 0.312 e. The first-order valence-corrected chi connectivity index (χ1v) is 7.24. The van der Waals surface area contributed by atoms with Crippen LogP contribution in [0.2, 0.25) is 0 Å². The minimum atomic E-state index is 0.818. The summed E-state index contributed by atoms with van der Waals surface area (Å²) in [5.74, 6) is 2.28. The van der Waals surface area contributed by atoms with Crippen LogP contribution in [-0.4, -0.2) is 49.1 Å². The summed E-state index contributed by atoms with van der Waals surface area (Å²) in [6, 6.07) is 0.818. The van der Waals surface area contributed by atoms with E-state index in [4.69, 9.17) is 0 Å². The summed E-state index contributed by atoms with van der Waals surface area (Å²) in [6.45, 7) is 5.22. The number of piperidine rings is 1. The maximum absolute atomic E-state index is 3.65. The normalized spacial score (nSPS) is 33.2. The molecule has 2 atom stereocenters. The second kappa shape index (κ2) is 5.38. The summed E-state index contributed by atoms with van der Waals surface area (Å²) in [6.07, 6.45) is 6.41. The molecule has 2 saturated heterocycles. The Morgan fingerprint density at radius 1 is 1.43 bits per heavy atom. The molecule has 2 unspecified atom stereocenters. The Morgan fingerprint density at radius 2 is 2.36 bits per heavy atom. The molecule has 2 heterocycles. The van der Waals surface area contributed by atoms with E-state index in [1.165, 1.54) is 51.2 Å². The van der Waals surface area contributed by atoms with Gasteiger partial charge in [0.2, 0.25) is 0 Å². The smallest absolute Gasteiger partial charge is 0.0235 e. The molecule has 0 bridgehead atoms. The zero-order chi connectivity index (χ0) is 9.80. The minimum Gasteiger partial charge on any atom is -0.312 e.